The van der Waals surface area contributed by atoms with E-state index in [1.54, 1.807) is 0 Å². The van der Waals surface area contributed by atoms with Gasteiger partial charge >= 0.3 is 12.1 Å². The second-order valence-electron chi connectivity index (χ2n) is 9.85. The maximum Gasteiger partial charge on any atom is 0.407 e. The molecule has 1 aliphatic rings. The molecule has 0 saturated heterocycles. The predicted molar refractivity (Wildman–Crippen MR) is 132 cm³/mol. The van der Waals surface area contributed by atoms with Crippen molar-refractivity contribution in [3.05, 3.63) is 59.7 Å². The number of hydrogen-bond acceptors (Lipinski definition) is 5. The minimum absolute atomic E-state index is 0.0114. The molecule has 35 heavy (non-hydrogen) atoms. The summed E-state index contributed by atoms with van der Waals surface area (Å²) in [4.78, 5) is 39.4. The summed E-state index contributed by atoms with van der Waals surface area (Å²) in [6.45, 7) is 6.37. The summed E-state index contributed by atoms with van der Waals surface area (Å²) in [6, 6.07) is 16.4. The van der Waals surface area contributed by atoms with Crippen molar-refractivity contribution >= 4 is 18.0 Å². The summed E-state index contributed by atoms with van der Waals surface area (Å²) < 4.78 is 5.59. The summed E-state index contributed by atoms with van der Waals surface area (Å²) in [7, 11) is 0. The molecule has 3 rings (SSSR count). The number of carboxylic acids is 1. The van der Waals surface area contributed by atoms with Gasteiger partial charge in [-0.15, -0.1) is 0 Å². The fourth-order valence-corrected chi connectivity index (χ4v) is 4.54. The van der Waals surface area contributed by atoms with Crippen molar-refractivity contribution in [3.63, 3.8) is 0 Å². The molecule has 3 N–H and O–H groups in total. The number of nitrogens with one attached hydrogen (secondary N) is 2. The van der Waals surface area contributed by atoms with Crippen LogP contribution in [0.2, 0.25) is 0 Å². The van der Waals surface area contributed by atoms with Crippen molar-refractivity contribution in [1.82, 2.24) is 10.8 Å². The number of hydrogen-bond donors (Lipinski definition) is 3. The van der Waals surface area contributed by atoms with Gasteiger partial charge in [0.2, 0.25) is 5.91 Å². The number of fused-ring (bicyclic) bond motifs is 3. The van der Waals surface area contributed by atoms with Gasteiger partial charge < -0.3 is 15.2 Å². The van der Waals surface area contributed by atoms with Crippen LogP contribution in [-0.2, 0) is 19.2 Å². The predicted octanol–water partition coefficient (Wildman–Crippen LogP) is 4.49. The summed E-state index contributed by atoms with van der Waals surface area (Å²) in [5.41, 5.74) is 6.76. The Balaban J connectivity index is 1.45. The summed E-state index contributed by atoms with van der Waals surface area (Å²) in [6.07, 6.45) is 1.00. The average Bonchev–Trinajstić information content (AvgIpc) is 3.12. The van der Waals surface area contributed by atoms with Crippen LogP contribution >= 0.6 is 0 Å². The molecule has 8 nitrogen and oxygen atoms in total. The van der Waals surface area contributed by atoms with Gasteiger partial charge in [-0.2, -0.15) is 0 Å². The second kappa shape index (κ2) is 11.8. The van der Waals surface area contributed by atoms with E-state index in [0.29, 0.717) is 19.4 Å². The molecule has 0 aliphatic heterocycles. The van der Waals surface area contributed by atoms with Crippen molar-refractivity contribution in [2.45, 2.75) is 46.0 Å². The van der Waals surface area contributed by atoms with E-state index < -0.39 is 18.7 Å². The molecular formula is C27H34N2O6. The van der Waals surface area contributed by atoms with Gasteiger partial charge in [-0.05, 0) is 46.4 Å². The van der Waals surface area contributed by atoms with Gasteiger partial charge in [0.05, 0.1) is 0 Å². The highest BCUT2D eigenvalue weighted by Crippen LogP contribution is 2.44. The van der Waals surface area contributed by atoms with Crippen molar-refractivity contribution < 1.29 is 29.1 Å². The van der Waals surface area contributed by atoms with E-state index in [1.807, 2.05) is 24.3 Å². The van der Waals surface area contributed by atoms with Crippen LogP contribution in [0.1, 0.15) is 57.1 Å². The zero-order valence-electron chi connectivity index (χ0n) is 20.5. The van der Waals surface area contributed by atoms with Crippen molar-refractivity contribution in [3.8, 4) is 11.1 Å². The smallest absolute Gasteiger partial charge is 0.407 e. The molecule has 2 amide bonds. The Morgan fingerprint density at radius 3 is 2.14 bits per heavy atom. The van der Waals surface area contributed by atoms with Crippen molar-refractivity contribution in [2.24, 2.45) is 11.3 Å². The Kier molecular flexibility index (Phi) is 8.87. The number of rotatable bonds is 11. The number of benzene rings is 2. The van der Waals surface area contributed by atoms with Crippen LogP contribution in [0.3, 0.4) is 0 Å². The molecule has 1 unspecified atom stereocenters. The van der Waals surface area contributed by atoms with Crippen LogP contribution < -0.4 is 10.8 Å². The molecule has 0 fully saturated rings. The van der Waals surface area contributed by atoms with Crippen LogP contribution in [0.5, 0.6) is 0 Å². The summed E-state index contributed by atoms with van der Waals surface area (Å²) >= 11 is 0. The van der Waals surface area contributed by atoms with Crippen LogP contribution in [0.4, 0.5) is 4.79 Å². The number of carbonyl (C=O) groups excluding carboxylic acids is 2. The molecule has 0 bridgehead atoms. The SMILES string of the molecule is CC(C)(C)C(CCNC(=O)OCC1c2ccccc2-c2ccccc21)CCC(=O)NOCC(=O)O. The normalized spacial score (nSPS) is 13.5. The first-order valence-corrected chi connectivity index (χ1v) is 11.9. The molecule has 188 valence electrons. The number of carboxylic acid groups (broad SMARTS) is 1. The van der Waals surface area contributed by atoms with Gasteiger partial charge in [0.1, 0.15) is 6.61 Å². The van der Waals surface area contributed by atoms with E-state index in [2.05, 4.69) is 60.7 Å². The van der Waals surface area contributed by atoms with E-state index in [-0.39, 0.29) is 36.2 Å². The molecule has 1 aliphatic carbocycles. The van der Waals surface area contributed by atoms with Gasteiger partial charge in [0.25, 0.3) is 0 Å². The molecular weight excluding hydrogens is 448 g/mol. The number of amides is 2. The molecule has 2 aromatic carbocycles. The topological polar surface area (TPSA) is 114 Å². The Morgan fingerprint density at radius 1 is 0.971 bits per heavy atom. The quantitative estimate of drug-likeness (QED) is 0.407. The molecule has 2 aromatic rings. The fraction of sp³-hybridized carbons (Fsp3) is 0.444. The first-order valence-electron chi connectivity index (χ1n) is 11.9. The summed E-state index contributed by atoms with van der Waals surface area (Å²) in [5.74, 6) is -1.36. The van der Waals surface area contributed by atoms with Crippen molar-refractivity contribution in [2.75, 3.05) is 19.8 Å². The van der Waals surface area contributed by atoms with E-state index in [4.69, 9.17) is 9.84 Å². The number of ether oxygens (including phenoxy) is 1. The second-order valence-corrected chi connectivity index (χ2v) is 9.85. The van der Waals surface area contributed by atoms with Crippen LogP contribution in [-0.4, -0.2) is 42.8 Å². The zero-order chi connectivity index (χ0) is 25.4. The lowest BCUT2D eigenvalue weighted by molar-refractivity contribution is -0.149. The highest BCUT2D eigenvalue weighted by molar-refractivity contribution is 5.79. The number of alkyl carbamates (subject to hydrolysis) is 1. The monoisotopic (exact) mass is 482 g/mol. The Morgan fingerprint density at radius 2 is 1.57 bits per heavy atom. The first kappa shape index (κ1) is 26.2. The standard InChI is InChI=1S/C27H34N2O6/c1-27(2,3)18(12-13-24(30)29-35-17-25(31)32)14-15-28-26(33)34-16-23-21-10-6-4-8-19(21)20-9-5-7-11-22(20)23/h4-11,18,23H,12-17H2,1-3H3,(H,28,33)(H,29,30)(H,31,32). The van der Waals surface area contributed by atoms with Gasteiger partial charge in [-0.25, -0.2) is 15.1 Å². The zero-order valence-corrected chi connectivity index (χ0v) is 20.5. The van der Waals surface area contributed by atoms with Crippen LogP contribution in [0, 0.1) is 11.3 Å². The third-order valence-corrected chi connectivity index (χ3v) is 6.43. The lowest BCUT2D eigenvalue weighted by Gasteiger charge is -2.30. The molecule has 0 radical (unpaired) electrons. The Bertz CT molecular complexity index is 1000. The lowest BCUT2D eigenvalue weighted by atomic mass is 9.76. The van der Waals surface area contributed by atoms with Crippen LogP contribution in [0.25, 0.3) is 11.1 Å². The van der Waals surface area contributed by atoms with Gasteiger partial charge in [0, 0.05) is 18.9 Å². The van der Waals surface area contributed by atoms with Gasteiger partial charge in [-0.1, -0.05) is 69.3 Å². The minimum atomic E-state index is -1.16. The number of carbonyl (C=O) groups is 3. The molecule has 0 spiro atoms. The minimum Gasteiger partial charge on any atom is -0.479 e. The number of hydroxylamine groups is 1. The van der Waals surface area contributed by atoms with E-state index in [1.165, 1.54) is 22.3 Å². The highest BCUT2D eigenvalue weighted by atomic mass is 16.7. The Hall–Kier alpha value is -3.39. The van der Waals surface area contributed by atoms with E-state index in [9.17, 15) is 14.4 Å². The average molecular weight is 483 g/mol. The number of aliphatic carboxylic acids is 1. The molecule has 0 heterocycles. The molecule has 8 heteroatoms. The summed E-state index contributed by atoms with van der Waals surface area (Å²) in [5, 5.41) is 11.4. The molecule has 0 aromatic heterocycles. The maximum absolute atomic E-state index is 12.4. The Labute approximate surface area is 206 Å². The third kappa shape index (κ3) is 7.29. The van der Waals surface area contributed by atoms with Crippen molar-refractivity contribution in [1.29, 1.82) is 0 Å². The first-order chi connectivity index (χ1) is 16.7. The van der Waals surface area contributed by atoms with E-state index >= 15 is 0 Å². The highest BCUT2D eigenvalue weighted by Gasteiger charge is 2.29. The fourth-order valence-electron chi connectivity index (χ4n) is 4.54. The van der Waals surface area contributed by atoms with Gasteiger partial charge in [-0.3, -0.25) is 9.63 Å². The van der Waals surface area contributed by atoms with Gasteiger partial charge in [0.15, 0.2) is 6.61 Å². The maximum atomic E-state index is 12.4. The van der Waals surface area contributed by atoms with E-state index in [0.717, 1.165) is 0 Å². The molecule has 1 atom stereocenters. The third-order valence-electron chi connectivity index (χ3n) is 6.43. The molecule has 0 saturated carbocycles. The largest absolute Gasteiger partial charge is 0.479 e. The lowest BCUT2D eigenvalue weighted by Crippen LogP contribution is -2.32. The van der Waals surface area contributed by atoms with Crippen LogP contribution in [0.15, 0.2) is 48.5 Å².